The maximum atomic E-state index is 12.6. The third kappa shape index (κ3) is 5.44. The van der Waals surface area contributed by atoms with E-state index >= 15 is 0 Å². The molecule has 2 heterocycles. The second kappa shape index (κ2) is 9.69. The summed E-state index contributed by atoms with van der Waals surface area (Å²) in [6, 6.07) is 23.7. The molecule has 5 nitrogen and oxygen atoms in total. The summed E-state index contributed by atoms with van der Waals surface area (Å²) in [5.74, 6) is 0.249. The van der Waals surface area contributed by atoms with E-state index in [1.165, 1.54) is 23.1 Å². The molecule has 0 bridgehead atoms. The van der Waals surface area contributed by atoms with Crippen LogP contribution in [0.25, 0.3) is 0 Å². The first-order valence-corrected chi connectivity index (χ1v) is 11.6. The number of carbonyl (C=O) groups is 1. The molecule has 29 heavy (non-hydrogen) atoms. The summed E-state index contributed by atoms with van der Waals surface area (Å²) in [7, 11) is 0. The van der Waals surface area contributed by atoms with E-state index < -0.39 is 0 Å². The lowest BCUT2D eigenvalue weighted by atomic mass is 10.1. The van der Waals surface area contributed by atoms with Crippen LogP contribution in [0.5, 0.6) is 0 Å². The number of hydrogen-bond acceptors (Lipinski definition) is 7. The molecule has 8 heteroatoms. The first-order valence-electron chi connectivity index (χ1n) is 8.94. The molecule has 1 atom stereocenters. The maximum Gasteiger partial charge on any atom is 0.231 e. The van der Waals surface area contributed by atoms with Crippen molar-refractivity contribution in [1.29, 1.82) is 0 Å². The topological polar surface area (TPSA) is 66.9 Å². The largest absolute Gasteiger partial charge is 0.344 e. The zero-order chi connectivity index (χ0) is 19.9. The van der Waals surface area contributed by atoms with Gasteiger partial charge in [0.25, 0.3) is 0 Å². The Morgan fingerprint density at radius 3 is 2.45 bits per heavy atom. The van der Waals surface area contributed by atoms with E-state index in [1.54, 1.807) is 11.3 Å². The van der Waals surface area contributed by atoms with Gasteiger partial charge in [-0.1, -0.05) is 77.7 Å². The molecule has 2 aromatic heterocycles. The highest BCUT2D eigenvalue weighted by atomic mass is 32.2. The Morgan fingerprint density at radius 2 is 1.72 bits per heavy atom. The van der Waals surface area contributed by atoms with Crippen LogP contribution in [0.1, 0.15) is 16.5 Å². The molecule has 0 saturated carbocycles. The standard InChI is InChI=1S/C21H18N4OS3/c26-18(23-19(17-12-7-13-27-17)15-8-3-1-4-9-15)14-28-21-25-24-20(29-21)22-16-10-5-2-6-11-16/h1-13,19H,14H2,(H,22,24)(H,23,26). The number of para-hydroxylation sites is 1. The molecule has 0 radical (unpaired) electrons. The maximum absolute atomic E-state index is 12.6. The van der Waals surface area contributed by atoms with Gasteiger partial charge in [-0.05, 0) is 29.1 Å². The fourth-order valence-corrected chi connectivity index (χ4v) is 5.10. The number of benzene rings is 2. The van der Waals surface area contributed by atoms with Crippen LogP contribution in [0.2, 0.25) is 0 Å². The van der Waals surface area contributed by atoms with Crippen molar-refractivity contribution >= 4 is 51.2 Å². The molecule has 0 saturated heterocycles. The van der Waals surface area contributed by atoms with Crippen LogP contribution in [0.3, 0.4) is 0 Å². The van der Waals surface area contributed by atoms with E-state index in [0.717, 1.165) is 20.5 Å². The van der Waals surface area contributed by atoms with Gasteiger partial charge in [-0.3, -0.25) is 4.79 Å². The summed E-state index contributed by atoms with van der Waals surface area (Å²) >= 11 is 4.46. The Kier molecular flexibility index (Phi) is 6.56. The highest BCUT2D eigenvalue weighted by Crippen LogP contribution is 2.29. The van der Waals surface area contributed by atoms with E-state index in [-0.39, 0.29) is 17.7 Å². The van der Waals surface area contributed by atoms with Crippen LogP contribution < -0.4 is 10.6 Å². The molecule has 0 aliphatic carbocycles. The highest BCUT2D eigenvalue weighted by Gasteiger charge is 2.18. The Bertz CT molecular complexity index is 1040. The molecule has 4 rings (SSSR count). The Labute approximate surface area is 181 Å². The van der Waals surface area contributed by atoms with Crippen molar-refractivity contribution in [3.8, 4) is 0 Å². The van der Waals surface area contributed by atoms with Crippen molar-refractivity contribution in [2.75, 3.05) is 11.1 Å². The number of thioether (sulfide) groups is 1. The molecule has 2 aromatic carbocycles. The lowest BCUT2D eigenvalue weighted by molar-refractivity contribution is -0.119. The predicted octanol–water partition coefficient (Wildman–Crippen LogP) is 5.34. The highest BCUT2D eigenvalue weighted by molar-refractivity contribution is 8.01. The molecule has 4 aromatic rings. The van der Waals surface area contributed by atoms with Crippen molar-refractivity contribution < 1.29 is 4.79 Å². The second-order valence-corrected chi connectivity index (χ2v) is 9.26. The van der Waals surface area contributed by atoms with E-state index in [4.69, 9.17) is 0 Å². The first kappa shape index (κ1) is 19.6. The summed E-state index contributed by atoms with van der Waals surface area (Å²) in [6.45, 7) is 0. The number of aromatic nitrogens is 2. The van der Waals surface area contributed by atoms with Gasteiger partial charge < -0.3 is 10.6 Å². The van der Waals surface area contributed by atoms with Gasteiger partial charge in [0.1, 0.15) is 0 Å². The smallest absolute Gasteiger partial charge is 0.231 e. The molecule has 1 unspecified atom stereocenters. The number of thiophene rings is 1. The molecule has 1 amide bonds. The quantitative estimate of drug-likeness (QED) is 0.364. The SMILES string of the molecule is O=C(CSc1nnc(Nc2ccccc2)s1)NC(c1ccccc1)c1cccs1. The van der Waals surface area contributed by atoms with Crippen molar-refractivity contribution in [2.24, 2.45) is 0 Å². The minimum Gasteiger partial charge on any atom is -0.344 e. The van der Waals surface area contributed by atoms with Crippen LogP contribution in [0.15, 0.2) is 82.5 Å². The van der Waals surface area contributed by atoms with Gasteiger partial charge in [0.05, 0.1) is 11.8 Å². The molecule has 0 aliphatic heterocycles. The molecule has 0 aliphatic rings. The van der Waals surface area contributed by atoms with Crippen molar-refractivity contribution in [3.63, 3.8) is 0 Å². The van der Waals surface area contributed by atoms with E-state index in [9.17, 15) is 4.79 Å². The molecule has 0 spiro atoms. The Morgan fingerprint density at radius 1 is 0.966 bits per heavy atom. The summed E-state index contributed by atoms with van der Waals surface area (Å²) in [4.78, 5) is 13.7. The van der Waals surface area contributed by atoms with Crippen LogP contribution in [-0.4, -0.2) is 21.9 Å². The van der Waals surface area contributed by atoms with Gasteiger partial charge >= 0.3 is 0 Å². The van der Waals surface area contributed by atoms with Crippen molar-refractivity contribution in [1.82, 2.24) is 15.5 Å². The average molecular weight is 439 g/mol. The van der Waals surface area contributed by atoms with Gasteiger partial charge in [-0.25, -0.2) is 0 Å². The van der Waals surface area contributed by atoms with Gasteiger partial charge in [-0.2, -0.15) is 0 Å². The number of amides is 1. The summed E-state index contributed by atoms with van der Waals surface area (Å²) in [5, 5.41) is 17.4. The fraction of sp³-hybridized carbons (Fsp3) is 0.0952. The van der Waals surface area contributed by atoms with E-state index in [2.05, 4.69) is 20.8 Å². The van der Waals surface area contributed by atoms with Crippen LogP contribution in [0.4, 0.5) is 10.8 Å². The second-order valence-electron chi connectivity index (χ2n) is 6.08. The number of nitrogens with zero attached hydrogens (tertiary/aromatic N) is 2. The lowest BCUT2D eigenvalue weighted by Gasteiger charge is -2.17. The minimum absolute atomic E-state index is 0.0370. The number of anilines is 2. The molecule has 2 N–H and O–H groups in total. The van der Waals surface area contributed by atoms with Gasteiger partial charge in [0.2, 0.25) is 11.0 Å². The summed E-state index contributed by atoms with van der Waals surface area (Å²) in [5.41, 5.74) is 2.03. The Hall–Kier alpha value is -2.68. The first-order chi connectivity index (χ1) is 14.3. The van der Waals surface area contributed by atoms with Crippen molar-refractivity contribution in [2.45, 2.75) is 10.4 Å². The third-order valence-electron chi connectivity index (χ3n) is 4.02. The fourth-order valence-electron chi connectivity index (χ4n) is 2.71. The van der Waals surface area contributed by atoms with Crippen LogP contribution in [-0.2, 0) is 4.79 Å². The minimum atomic E-state index is -0.144. The van der Waals surface area contributed by atoms with Crippen LogP contribution in [0, 0.1) is 0 Å². The monoisotopic (exact) mass is 438 g/mol. The van der Waals surface area contributed by atoms with Crippen LogP contribution >= 0.6 is 34.4 Å². The summed E-state index contributed by atoms with van der Waals surface area (Å²) < 4.78 is 0.756. The molecule has 146 valence electrons. The summed E-state index contributed by atoms with van der Waals surface area (Å²) in [6.07, 6.45) is 0. The zero-order valence-corrected chi connectivity index (χ0v) is 17.8. The number of hydrogen-bond donors (Lipinski definition) is 2. The normalized spacial score (nSPS) is 11.7. The zero-order valence-electron chi connectivity index (χ0n) is 15.3. The van der Waals surface area contributed by atoms with Gasteiger partial charge in [0.15, 0.2) is 4.34 Å². The lowest BCUT2D eigenvalue weighted by Crippen LogP contribution is -2.30. The molecular formula is C21H18N4OS3. The van der Waals surface area contributed by atoms with E-state index in [0.29, 0.717) is 5.13 Å². The number of carbonyl (C=O) groups excluding carboxylic acids is 1. The van der Waals surface area contributed by atoms with E-state index in [1.807, 2.05) is 78.2 Å². The average Bonchev–Trinajstić information content (AvgIpc) is 3.44. The van der Waals surface area contributed by atoms with Gasteiger partial charge in [-0.15, -0.1) is 21.5 Å². The number of rotatable bonds is 8. The Balaban J connectivity index is 1.35. The van der Waals surface area contributed by atoms with Gasteiger partial charge in [0, 0.05) is 10.6 Å². The third-order valence-corrected chi connectivity index (χ3v) is 6.93. The van der Waals surface area contributed by atoms with Crippen molar-refractivity contribution in [3.05, 3.63) is 88.6 Å². The molecular weight excluding hydrogens is 420 g/mol. The number of nitrogens with one attached hydrogen (secondary N) is 2. The molecule has 0 fully saturated rings. The predicted molar refractivity (Wildman–Crippen MR) is 121 cm³/mol.